The molecule has 1 nitrogen and oxygen atoms in total. The summed E-state index contributed by atoms with van der Waals surface area (Å²) < 4.78 is 0. The van der Waals surface area contributed by atoms with E-state index in [-0.39, 0.29) is 5.78 Å². The molecular weight excluding hydrogens is 180 g/mol. The molecular formula is C11H14OS. The summed E-state index contributed by atoms with van der Waals surface area (Å²) >= 11 is 1.72. The number of carbonyl (C=O) groups is 1. The molecule has 0 N–H and O–H groups in total. The van der Waals surface area contributed by atoms with Crippen LogP contribution >= 0.6 is 11.8 Å². The summed E-state index contributed by atoms with van der Waals surface area (Å²) in [5.74, 6) is 1.24. The quantitative estimate of drug-likeness (QED) is 0.540. The molecule has 1 aromatic carbocycles. The minimum atomic E-state index is 0.233. The third-order valence-electron chi connectivity index (χ3n) is 1.81. The summed E-state index contributed by atoms with van der Waals surface area (Å²) in [4.78, 5) is 12.6. The number of thioether (sulfide) groups is 1. The van der Waals surface area contributed by atoms with Crippen LogP contribution in [-0.2, 0) is 0 Å². The summed E-state index contributed by atoms with van der Waals surface area (Å²) in [6.07, 6.45) is 0.585. The van der Waals surface area contributed by atoms with Gasteiger partial charge in [0.2, 0.25) is 0 Å². The van der Waals surface area contributed by atoms with Gasteiger partial charge in [0.1, 0.15) is 0 Å². The number of benzene rings is 1. The fourth-order valence-electron chi connectivity index (χ4n) is 1.17. The van der Waals surface area contributed by atoms with Crippen LogP contribution in [0.2, 0.25) is 0 Å². The molecule has 0 atom stereocenters. The zero-order valence-electron chi connectivity index (χ0n) is 8.04. The van der Waals surface area contributed by atoms with E-state index < -0.39 is 0 Å². The van der Waals surface area contributed by atoms with Gasteiger partial charge in [-0.2, -0.15) is 0 Å². The number of ketones is 1. The van der Waals surface area contributed by atoms with Gasteiger partial charge >= 0.3 is 0 Å². The van der Waals surface area contributed by atoms with Crippen LogP contribution in [0.25, 0.3) is 0 Å². The molecule has 13 heavy (non-hydrogen) atoms. The molecule has 0 unspecified atom stereocenters. The van der Waals surface area contributed by atoms with Crippen molar-refractivity contribution in [3.8, 4) is 0 Å². The summed E-state index contributed by atoms with van der Waals surface area (Å²) in [7, 11) is 0. The van der Waals surface area contributed by atoms with E-state index in [1.807, 2.05) is 31.2 Å². The van der Waals surface area contributed by atoms with Gasteiger partial charge in [0, 0.05) is 16.9 Å². The first kappa shape index (κ1) is 10.3. The highest BCUT2D eigenvalue weighted by Crippen LogP contribution is 2.23. The summed E-state index contributed by atoms with van der Waals surface area (Å²) in [6, 6.07) is 7.81. The predicted molar refractivity (Wildman–Crippen MR) is 57.5 cm³/mol. The van der Waals surface area contributed by atoms with E-state index in [0.717, 1.165) is 16.2 Å². The van der Waals surface area contributed by atoms with Crippen molar-refractivity contribution in [3.05, 3.63) is 29.8 Å². The molecule has 0 bridgehead atoms. The van der Waals surface area contributed by atoms with Gasteiger partial charge < -0.3 is 0 Å². The first-order valence-electron chi connectivity index (χ1n) is 4.54. The van der Waals surface area contributed by atoms with E-state index in [1.165, 1.54) is 0 Å². The average molecular weight is 194 g/mol. The maximum absolute atomic E-state index is 11.5. The molecule has 0 amide bonds. The monoisotopic (exact) mass is 194 g/mol. The predicted octanol–water partition coefficient (Wildman–Crippen LogP) is 3.39. The zero-order valence-corrected chi connectivity index (χ0v) is 8.86. The van der Waals surface area contributed by atoms with E-state index in [9.17, 15) is 4.79 Å². The molecule has 0 saturated heterocycles. The van der Waals surface area contributed by atoms with Crippen molar-refractivity contribution in [2.75, 3.05) is 5.75 Å². The van der Waals surface area contributed by atoms with Crippen LogP contribution in [0.3, 0.4) is 0 Å². The van der Waals surface area contributed by atoms with Crippen molar-refractivity contribution in [1.82, 2.24) is 0 Å². The number of hydrogen-bond donors (Lipinski definition) is 0. The Kier molecular flexibility index (Phi) is 4.03. The van der Waals surface area contributed by atoms with Gasteiger partial charge in [-0.15, -0.1) is 11.8 Å². The number of hydrogen-bond acceptors (Lipinski definition) is 2. The Bertz CT molecular complexity index is 294. The molecule has 70 valence electrons. The molecule has 0 fully saturated rings. The summed E-state index contributed by atoms with van der Waals surface area (Å²) in [6.45, 7) is 3.99. The molecule has 0 aliphatic heterocycles. The van der Waals surface area contributed by atoms with Crippen molar-refractivity contribution in [2.45, 2.75) is 25.2 Å². The highest BCUT2D eigenvalue weighted by molar-refractivity contribution is 7.99. The third-order valence-corrected chi connectivity index (χ3v) is 2.76. The van der Waals surface area contributed by atoms with Crippen molar-refractivity contribution >= 4 is 17.5 Å². The number of carbonyl (C=O) groups excluding carboxylic acids is 1. The van der Waals surface area contributed by atoms with E-state index >= 15 is 0 Å². The van der Waals surface area contributed by atoms with Crippen LogP contribution in [0.1, 0.15) is 30.6 Å². The van der Waals surface area contributed by atoms with Gasteiger partial charge in [-0.1, -0.05) is 32.0 Å². The van der Waals surface area contributed by atoms with Crippen LogP contribution in [-0.4, -0.2) is 11.5 Å². The molecule has 0 heterocycles. The summed E-state index contributed by atoms with van der Waals surface area (Å²) in [5.41, 5.74) is 0.872. The summed E-state index contributed by atoms with van der Waals surface area (Å²) in [5, 5.41) is 0. The van der Waals surface area contributed by atoms with Crippen LogP contribution in [0.5, 0.6) is 0 Å². The average Bonchev–Trinajstić information content (AvgIpc) is 2.18. The Morgan fingerprint density at radius 2 is 2.00 bits per heavy atom. The maximum atomic E-state index is 11.5. The largest absolute Gasteiger partial charge is 0.294 e. The van der Waals surface area contributed by atoms with Gasteiger partial charge in [-0.3, -0.25) is 4.79 Å². The first-order valence-corrected chi connectivity index (χ1v) is 5.53. The van der Waals surface area contributed by atoms with Gasteiger partial charge in [-0.25, -0.2) is 0 Å². The minimum Gasteiger partial charge on any atom is -0.294 e. The zero-order chi connectivity index (χ0) is 9.68. The molecule has 0 aromatic heterocycles. The third kappa shape index (κ3) is 2.59. The molecule has 0 radical (unpaired) electrons. The van der Waals surface area contributed by atoms with E-state index in [1.54, 1.807) is 11.8 Å². The lowest BCUT2D eigenvalue weighted by Crippen LogP contribution is -1.98. The second kappa shape index (κ2) is 5.07. The molecule has 0 aliphatic rings. The van der Waals surface area contributed by atoms with Crippen molar-refractivity contribution < 1.29 is 4.79 Å². The van der Waals surface area contributed by atoms with E-state index in [2.05, 4.69) is 6.92 Å². The van der Waals surface area contributed by atoms with Crippen molar-refractivity contribution in [2.24, 2.45) is 0 Å². The smallest absolute Gasteiger partial charge is 0.163 e. The lowest BCUT2D eigenvalue weighted by Gasteiger charge is -2.04. The van der Waals surface area contributed by atoms with Gasteiger partial charge in [-0.05, 0) is 11.8 Å². The normalized spacial score (nSPS) is 10.0. The Morgan fingerprint density at radius 1 is 1.31 bits per heavy atom. The van der Waals surface area contributed by atoms with Crippen LogP contribution in [0, 0.1) is 0 Å². The number of Topliss-reactive ketones (excluding diaryl/α,β-unsaturated/α-hetero) is 1. The number of rotatable bonds is 4. The molecule has 2 heteroatoms. The second-order valence-corrected chi connectivity index (χ2v) is 4.01. The van der Waals surface area contributed by atoms with E-state index in [4.69, 9.17) is 0 Å². The minimum absolute atomic E-state index is 0.233. The van der Waals surface area contributed by atoms with E-state index in [0.29, 0.717) is 6.42 Å². The maximum Gasteiger partial charge on any atom is 0.163 e. The molecule has 1 rings (SSSR count). The fourth-order valence-corrected chi connectivity index (χ4v) is 1.99. The SMILES string of the molecule is CCSc1ccccc1C(=O)CC. The fraction of sp³-hybridized carbons (Fsp3) is 0.364. The molecule has 0 saturated carbocycles. The van der Waals surface area contributed by atoms with Crippen LogP contribution < -0.4 is 0 Å². The Labute approximate surface area is 83.5 Å². The lowest BCUT2D eigenvalue weighted by molar-refractivity contribution is 0.0985. The van der Waals surface area contributed by atoms with Gasteiger partial charge in [0.15, 0.2) is 5.78 Å². The Hall–Kier alpha value is -0.760. The topological polar surface area (TPSA) is 17.1 Å². The van der Waals surface area contributed by atoms with Gasteiger partial charge in [0.25, 0.3) is 0 Å². The highest BCUT2D eigenvalue weighted by Gasteiger charge is 2.07. The van der Waals surface area contributed by atoms with Crippen molar-refractivity contribution in [1.29, 1.82) is 0 Å². The molecule has 0 spiro atoms. The highest BCUT2D eigenvalue weighted by atomic mass is 32.2. The first-order chi connectivity index (χ1) is 6.29. The van der Waals surface area contributed by atoms with Gasteiger partial charge in [0.05, 0.1) is 0 Å². The van der Waals surface area contributed by atoms with Crippen LogP contribution in [0.4, 0.5) is 0 Å². The van der Waals surface area contributed by atoms with Crippen LogP contribution in [0.15, 0.2) is 29.2 Å². The standard InChI is InChI=1S/C11H14OS/c1-3-10(12)9-7-5-6-8-11(9)13-4-2/h5-8H,3-4H2,1-2H3. The Morgan fingerprint density at radius 3 is 2.62 bits per heavy atom. The molecule has 1 aromatic rings. The molecule has 0 aliphatic carbocycles. The Balaban J connectivity index is 2.97. The lowest BCUT2D eigenvalue weighted by atomic mass is 10.1. The second-order valence-electron chi connectivity index (χ2n) is 2.71. The van der Waals surface area contributed by atoms with Crippen molar-refractivity contribution in [3.63, 3.8) is 0 Å².